The van der Waals surface area contributed by atoms with Crippen LogP contribution in [0.15, 0.2) is 42.5 Å². The summed E-state index contributed by atoms with van der Waals surface area (Å²) in [6.07, 6.45) is 0. The quantitative estimate of drug-likeness (QED) is 0.900. The second kappa shape index (κ2) is 6.48. The normalized spacial score (nSPS) is 12.2. The van der Waals surface area contributed by atoms with Gasteiger partial charge in [-0.3, -0.25) is 0 Å². The maximum absolute atomic E-state index is 13.3. The third-order valence-corrected chi connectivity index (χ3v) is 3.03. The molecular formula is C16H17F2NO. The summed E-state index contributed by atoms with van der Waals surface area (Å²) in [6, 6.07) is 10.7. The molecular weight excluding hydrogens is 260 g/mol. The lowest BCUT2D eigenvalue weighted by molar-refractivity contribution is 0.340. The average Bonchev–Trinajstić information content (AvgIpc) is 2.41. The van der Waals surface area contributed by atoms with Crippen LogP contribution in [0.2, 0.25) is 0 Å². The van der Waals surface area contributed by atoms with E-state index < -0.39 is 11.6 Å². The molecule has 0 saturated carbocycles. The standard InChI is InChI=1S/C16H17F2NO/c1-3-20-15-6-4-11(5-7-15)16(19-2)12-8-13(17)10-14(18)9-12/h4-10,16,19H,3H2,1-2H3. The SMILES string of the molecule is CCOc1ccc(C(NC)c2cc(F)cc(F)c2)cc1. The highest BCUT2D eigenvalue weighted by atomic mass is 19.1. The smallest absolute Gasteiger partial charge is 0.126 e. The van der Waals surface area contributed by atoms with Crippen LogP contribution in [0.4, 0.5) is 8.78 Å². The zero-order valence-corrected chi connectivity index (χ0v) is 11.5. The number of benzene rings is 2. The number of ether oxygens (including phenoxy) is 1. The highest BCUT2D eigenvalue weighted by molar-refractivity contribution is 5.35. The first-order valence-corrected chi connectivity index (χ1v) is 6.50. The van der Waals surface area contributed by atoms with Crippen LogP contribution in [0.3, 0.4) is 0 Å². The number of rotatable bonds is 5. The summed E-state index contributed by atoms with van der Waals surface area (Å²) in [4.78, 5) is 0. The largest absolute Gasteiger partial charge is 0.494 e. The van der Waals surface area contributed by atoms with Crippen LogP contribution < -0.4 is 10.1 Å². The fraction of sp³-hybridized carbons (Fsp3) is 0.250. The Morgan fingerprint density at radius 1 is 1.00 bits per heavy atom. The molecule has 0 bridgehead atoms. The van der Waals surface area contributed by atoms with E-state index in [1.807, 2.05) is 31.2 Å². The van der Waals surface area contributed by atoms with Gasteiger partial charge in [0.25, 0.3) is 0 Å². The van der Waals surface area contributed by atoms with Crippen LogP contribution in [0, 0.1) is 11.6 Å². The van der Waals surface area contributed by atoms with Crippen molar-refractivity contribution in [1.82, 2.24) is 5.32 Å². The lowest BCUT2D eigenvalue weighted by atomic mass is 9.98. The Balaban J connectivity index is 2.31. The number of hydrogen-bond acceptors (Lipinski definition) is 2. The molecule has 0 aliphatic heterocycles. The lowest BCUT2D eigenvalue weighted by Gasteiger charge is -2.18. The number of halogens is 2. The molecule has 4 heteroatoms. The van der Waals surface area contributed by atoms with Crippen LogP contribution in [0.5, 0.6) is 5.75 Å². The molecule has 0 aliphatic rings. The van der Waals surface area contributed by atoms with Gasteiger partial charge in [-0.15, -0.1) is 0 Å². The molecule has 0 aliphatic carbocycles. The fourth-order valence-electron chi connectivity index (χ4n) is 2.19. The van der Waals surface area contributed by atoms with E-state index in [4.69, 9.17) is 4.74 Å². The molecule has 0 fully saturated rings. The van der Waals surface area contributed by atoms with E-state index in [0.717, 1.165) is 17.4 Å². The highest BCUT2D eigenvalue weighted by Crippen LogP contribution is 2.25. The Kier molecular flexibility index (Phi) is 4.69. The molecule has 1 atom stereocenters. The van der Waals surface area contributed by atoms with Crippen molar-refractivity contribution in [2.75, 3.05) is 13.7 Å². The molecule has 2 aromatic carbocycles. The predicted octanol–water partition coefficient (Wildman–Crippen LogP) is 3.67. The van der Waals surface area contributed by atoms with Crippen LogP contribution in [0.25, 0.3) is 0 Å². The van der Waals surface area contributed by atoms with Gasteiger partial charge in [0.2, 0.25) is 0 Å². The number of nitrogens with one attached hydrogen (secondary N) is 1. The minimum atomic E-state index is -0.578. The van der Waals surface area contributed by atoms with E-state index in [2.05, 4.69) is 5.32 Å². The monoisotopic (exact) mass is 277 g/mol. The first-order chi connectivity index (χ1) is 9.63. The molecule has 2 rings (SSSR count). The van der Waals surface area contributed by atoms with E-state index >= 15 is 0 Å². The first-order valence-electron chi connectivity index (χ1n) is 6.50. The Labute approximate surface area is 117 Å². The lowest BCUT2D eigenvalue weighted by Crippen LogP contribution is -2.18. The summed E-state index contributed by atoms with van der Waals surface area (Å²) in [6.45, 7) is 2.52. The zero-order valence-electron chi connectivity index (χ0n) is 11.5. The third kappa shape index (κ3) is 3.33. The second-order valence-electron chi connectivity index (χ2n) is 4.43. The molecule has 2 aromatic rings. The van der Waals surface area contributed by atoms with Crippen molar-refractivity contribution in [3.8, 4) is 5.75 Å². The third-order valence-electron chi connectivity index (χ3n) is 3.03. The molecule has 0 amide bonds. The van der Waals surface area contributed by atoms with E-state index in [9.17, 15) is 8.78 Å². The topological polar surface area (TPSA) is 21.3 Å². The minimum Gasteiger partial charge on any atom is -0.494 e. The summed E-state index contributed by atoms with van der Waals surface area (Å²) in [5.41, 5.74) is 1.47. The molecule has 20 heavy (non-hydrogen) atoms. The molecule has 0 spiro atoms. The fourth-order valence-corrected chi connectivity index (χ4v) is 2.19. The molecule has 106 valence electrons. The highest BCUT2D eigenvalue weighted by Gasteiger charge is 2.14. The summed E-state index contributed by atoms with van der Waals surface area (Å²) in [7, 11) is 1.75. The van der Waals surface area contributed by atoms with Gasteiger partial charge in [-0.1, -0.05) is 12.1 Å². The van der Waals surface area contributed by atoms with Gasteiger partial charge in [-0.05, 0) is 49.4 Å². The van der Waals surface area contributed by atoms with Crippen molar-refractivity contribution < 1.29 is 13.5 Å². The molecule has 2 nitrogen and oxygen atoms in total. The summed E-state index contributed by atoms with van der Waals surface area (Å²) < 4.78 is 32.0. The predicted molar refractivity (Wildman–Crippen MR) is 74.9 cm³/mol. The van der Waals surface area contributed by atoms with Gasteiger partial charge in [0, 0.05) is 6.07 Å². The molecule has 0 heterocycles. The molecule has 1 unspecified atom stereocenters. The van der Waals surface area contributed by atoms with Gasteiger partial charge in [0.05, 0.1) is 12.6 Å². The van der Waals surface area contributed by atoms with Gasteiger partial charge < -0.3 is 10.1 Å². The van der Waals surface area contributed by atoms with Crippen molar-refractivity contribution in [2.45, 2.75) is 13.0 Å². The van der Waals surface area contributed by atoms with Crippen LogP contribution in [-0.4, -0.2) is 13.7 Å². The van der Waals surface area contributed by atoms with E-state index in [1.54, 1.807) is 7.05 Å². The van der Waals surface area contributed by atoms with Gasteiger partial charge in [0.1, 0.15) is 17.4 Å². The summed E-state index contributed by atoms with van der Waals surface area (Å²) in [5, 5.41) is 3.07. The zero-order chi connectivity index (χ0) is 14.5. The van der Waals surface area contributed by atoms with Crippen LogP contribution in [0.1, 0.15) is 24.1 Å². The molecule has 0 radical (unpaired) electrons. The summed E-state index contributed by atoms with van der Waals surface area (Å²) >= 11 is 0. The Bertz CT molecular complexity index is 549. The second-order valence-corrected chi connectivity index (χ2v) is 4.43. The number of hydrogen-bond donors (Lipinski definition) is 1. The summed E-state index contributed by atoms with van der Waals surface area (Å²) in [5.74, 6) is -0.381. The van der Waals surface area contributed by atoms with Crippen molar-refractivity contribution in [3.05, 3.63) is 65.2 Å². The van der Waals surface area contributed by atoms with Gasteiger partial charge in [-0.2, -0.15) is 0 Å². The van der Waals surface area contributed by atoms with Crippen molar-refractivity contribution in [1.29, 1.82) is 0 Å². The van der Waals surface area contributed by atoms with Gasteiger partial charge in [-0.25, -0.2) is 8.78 Å². The average molecular weight is 277 g/mol. The maximum Gasteiger partial charge on any atom is 0.126 e. The maximum atomic E-state index is 13.3. The van der Waals surface area contributed by atoms with Crippen molar-refractivity contribution in [2.24, 2.45) is 0 Å². The molecule has 1 N–H and O–H groups in total. The van der Waals surface area contributed by atoms with E-state index in [1.165, 1.54) is 12.1 Å². The van der Waals surface area contributed by atoms with Crippen molar-refractivity contribution >= 4 is 0 Å². The Morgan fingerprint density at radius 2 is 1.60 bits per heavy atom. The first kappa shape index (κ1) is 14.5. The van der Waals surface area contributed by atoms with Gasteiger partial charge in [0.15, 0.2) is 0 Å². The Hall–Kier alpha value is -1.94. The van der Waals surface area contributed by atoms with Crippen molar-refractivity contribution in [3.63, 3.8) is 0 Å². The Morgan fingerprint density at radius 3 is 2.10 bits per heavy atom. The van der Waals surface area contributed by atoms with Gasteiger partial charge >= 0.3 is 0 Å². The van der Waals surface area contributed by atoms with Crippen LogP contribution in [-0.2, 0) is 0 Å². The minimum absolute atomic E-state index is 0.268. The van der Waals surface area contributed by atoms with E-state index in [-0.39, 0.29) is 6.04 Å². The van der Waals surface area contributed by atoms with Crippen LogP contribution >= 0.6 is 0 Å². The molecule has 0 saturated heterocycles. The van der Waals surface area contributed by atoms with E-state index in [0.29, 0.717) is 12.2 Å². The molecule has 0 aromatic heterocycles.